The van der Waals surface area contributed by atoms with Crippen molar-refractivity contribution in [3.63, 3.8) is 0 Å². The molecule has 2 aromatic heterocycles. The minimum Gasteiger partial charge on any atom is -0.363 e. The largest absolute Gasteiger partial charge is 0.416 e. The van der Waals surface area contributed by atoms with Crippen LogP contribution in [-0.4, -0.2) is 21.2 Å². The Bertz CT molecular complexity index is 1290. The van der Waals surface area contributed by atoms with Gasteiger partial charge in [-0.15, -0.1) is 0 Å². The van der Waals surface area contributed by atoms with Crippen LogP contribution in [0.4, 0.5) is 40.7 Å². The Morgan fingerprint density at radius 3 is 2.46 bits per heavy atom. The monoisotopic (exact) mass is 481 g/mol. The second-order valence-electron chi connectivity index (χ2n) is 7.27. The number of hydrazone groups is 1. The van der Waals surface area contributed by atoms with Crippen LogP contribution in [0.5, 0.6) is 0 Å². The highest BCUT2D eigenvalue weighted by molar-refractivity contribution is 5.78. The summed E-state index contributed by atoms with van der Waals surface area (Å²) in [5.74, 6) is -0.480. The van der Waals surface area contributed by atoms with Crippen LogP contribution < -0.4 is 16.1 Å². The lowest BCUT2D eigenvalue weighted by Gasteiger charge is -2.10. The van der Waals surface area contributed by atoms with Crippen LogP contribution in [0.25, 0.3) is 0 Å². The minimum atomic E-state index is -4.42. The first-order valence-corrected chi connectivity index (χ1v) is 10.4. The van der Waals surface area contributed by atoms with E-state index >= 15 is 0 Å². The standard InChI is InChI=1S/C24H19F4N7/c25-21-15-31-23(34-22(21)30-12-16-5-2-1-3-6-16)35-32-14-19-9-10-20(13-29-19)33-18-8-4-7-17(11-18)24(26,27)28/h1-11,13-15,33H,12H2,(H2,30,31,34,35)/b32-14+. The quantitative estimate of drug-likeness (QED) is 0.167. The van der Waals surface area contributed by atoms with Crippen LogP contribution >= 0.6 is 0 Å². The molecule has 0 radical (unpaired) electrons. The maximum Gasteiger partial charge on any atom is 0.416 e. The van der Waals surface area contributed by atoms with Crippen molar-refractivity contribution in [2.45, 2.75) is 12.7 Å². The molecule has 0 aliphatic rings. The van der Waals surface area contributed by atoms with E-state index in [-0.39, 0.29) is 17.5 Å². The summed E-state index contributed by atoms with van der Waals surface area (Å²) in [6.07, 6.45) is -0.527. The zero-order chi connectivity index (χ0) is 24.7. The molecule has 0 atom stereocenters. The average Bonchev–Trinajstić information content (AvgIpc) is 2.85. The van der Waals surface area contributed by atoms with Crippen molar-refractivity contribution in [2.24, 2.45) is 5.10 Å². The highest BCUT2D eigenvalue weighted by Crippen LogP contribution is 2.31. The van der Waals surface area contributed by atoms with E-state index in [1.807, 2.05) is 30.3 Å². The van der Waals surface area contributed by atoms with Gasteiger partial charge in [-0.2, -0.15) is 23.3 Å². The number of aromatic nitrogens is 3. The molecule has 4 aromatic rings. The van der Waals surface area contributed by atoms with E-state index in [0.29, 0.717) is 17.9 Å². The number of nitrogens with one attached hydrogen (secondary N) is 3. The van der Waals surface area contributed by atoms with Gasteiger partial charge in [0.15, 0.2) is 11.6 Å². The van der Waals surface area contributed by atoms with Gasteiger partial charge in [-0.25, -0.2) is 14.8 Å². The van der Waals surface area contributed by atoms with Gasteiger partial charge in [-0.3, -0.25) is 4.98 Å². The Hall–Kier alpha value is -4.54. The summed E-state index contributed by atoms with van der Waals surface area (Å²) in [4.78, 5) is 12.1. The molecule has 2 aromatic carbocycles. The molecule has 2 heterocycles. The van der Waals surface area contributed by atoms with Gasteiger partial charge in [0.1, 0.15) is 0 Å². The summed E-state index contributed by atoms with van der Waals surface area (Å²) in [5.41, 5.74) is 4.10. The van der Waals surface area contributed by atoms with Gasteiger partial charge in [0, 0.05) is 12.2 Å². The first kappa shape index (κ1) is 23.6. The van der Waals surface area contributed by atoms with Gasteiger partial charge in [0.2, 0.25) is 5.95 Å². The number of nitrogens with zero attached hydrogens (tertiary/aromatic N) is 4. The van der Waals surface area contributed by atoms with Crippen molar-refractivity contribution in [1.82, 2.24) is 15.0 Å². The summed E-state index contributed by atoms with van der Waals surface area (Å²) in [6.45, 7) is 0.391. The predicted octanol–water partition coefficient (Wildman–Crippen LogP) is 5.83. The topological polar surface area (TPSA) is 87.1 Å². The van der Waals surface area contributed by atoms with Crippen LogP contribution in [0.2, 0.25) is 0 Å². The Morgan fingerprint density at radius 2 is 1.71 bits per heavy atom. The maximum atomic E-state index is 14.0. The van der Waals surface area contributed by atoms with Crippen molar-refractivity contribution in [1.29, 1.82) is 0 Å². The van der Waals surface area contributed by atoms with Crippen molar-refractivity contribution >= 4 is 29.4 Å². The van der Waals surface area contributed by atoms with Crippen LogP contribution in [0.1, 0.15) is 16.8 Å². The summed E-state index contributed by atoms with van der Waals surface area (Å²) in [7, 11) is 0. The van der Waals surface area contributed by atoms with Gasteiger partial charge >= 0.3 is 6.18 Å². The van der Waals surface area contributed by atoms with Crippen molar-refractivity contribution in [3.05, 3.63) is 102 Å². The molecule has 0 spiro atoms. The first-order chi connectivity index (χ1) is 16.9. The summed E-state index contributed by atoms with van der Waals surface area (Å²) in [5, 5.41) is 9.79. The third kappa shape index (κ3) is 6.73. The lowest BCUT2D eigenvalue weighted by atomic mass is 10.2. The molecule has 0 aliphatic carbocycles. The molecule has 0 unspecified atom stereocenters. The van der Waals surface area contributed by atoms with Gasteiger partial charge in [-0.1, -0.05) is 36.4 Å². The molecule has 35 heavy (non-hydrogen) atoms. The molecule has 0 fully saturated rings. The Labute approximate surface area is 198 Å². The third-order valence-electron chi connectivity index (χ3n) is 4.67. The molecule has 0 saturated heterocycles. The fraction of sp³-hybridized carbons (Fsp3) is 0.0833. The number of hydrogen-bond donors (Lipinski definition) is 3. The second kappa shape index (κ2) is 10.6. The first-order valence-electron chi connectivity index (χ1n) is 10.4. The molecular weight excluding hydrogens is 462 g/mol. The lowest BCUT2D eigenvalue weighted by molar-refractivity contribution is -0.137. The molecule has 7 nitrogen and oxygen atoms in total. The number of pyridine rings is 1. The molecule has 11 heteroatoms. The van der Waals surface area contributed by atoms with Crippen LogP contribution in [-0.2, 0) is 12.7 Å². The third-order valence-corrected chi connectivity index (χ3v) is 4.67. The second-order valence-corrected chi connectivity index (χ2v) is 7.27. The van der Waals surface area contributed by atoms with E-state index in [1.165, 1.54) is 24.5 Å². The SMILES string of the molecule is Fc1cnc(N/N=C/c2ccc(Nc3cccc(C(F)(F)F)c3)cn2)nc1NCc1ccccc1. The Morgan fingerprint density at radius 1 is 0.886 bits per heavy atom. The fourth-order valence-corrected chi connectivity index (χ4v) is 2.98. The normalized spacial score (nSPS) is 11.4. The predicted molar refractivity (Wildman–Crippen MR) is 126 cm³/mol. The maximum absolute atomic E-state index is 14.0. The molecule has 0 amide bonds. The van der Waals surface area contributed by atoms with E-state index < -0.39 is 17.6 Å². The van der Waals surface area contributed by atoms with E-state index in [4.69, 9.17) is 0 Å². The summed E-state index contributed by atoms with van der Waals surface area (Å²) < 4.78 is 52.6. The van der Waals surface area contributed by atoms with E-state index in [1.54, 1.807) is 12.1 Å². The van der Waals surface area contributed by atoms with Crippen LogP contribution in [0.15, 0.2) is 84.2 Å². The van der Waals surface area contributed by atoms with Gasteiger partial charge in [0.05, 0.1) is 35.6 Å². The molecule has 4 rings (SSSR count). The highest BCUT2D eigenvalue weighted by atomic mass is 19.4. The molecule has 0 bridgehead atoms. The molecule has 0 aliphatic heterocycles. The van der Waals surface area contributed by atoms with Crippen molar-refractivity contribution in [2.75, 3.05) is 16.1 Å². The number of alkyl halides is 3. The summed E-state index contributed by atoms with van der Waals surface area (Å²) in [6, 6.07) is 17.6. The highest BCUT2D eigenvalue weighted by Gasteiger charge is 2.30. The van der Waals surface area contributed by atoms with Gasteiger partial charge < -0.3 is 10.6 Å². The van der Waals surface area contributed by atoms with Crippen molar-refractivity contribution in [3.8, 4) is 0 Å². The number of halogens is 4. The zero-order valence-electron chi connectivity index (χ0n) is 18.1. The minimum absolute atomic E-state index is 0.0321. The van der Waals surface area contributed by atoms with E-state index in [2.05, 4.69) is 36.1 Å². The van der Waals surface area contributed by atoms with Gasteiger partial charge in [0.25, 0.3) is 0 Å². The van der Waals surface area contributed by atoms with E-state index in [9.17, 15) is 17.6 Å². The number of anilines is 4. The lowest BCUT2D eigenvalue weighted by Crippen LogP contribution is -2.06. The smallest absolute Gasteiger partial charge is 0.363 e. The number of hydrogen-bond acceptors (Lipinski definition) is 7. The number of benzene rings is 2. The average molecular weight is 481 g/mol. The summed E-state index contributed by atoms with van der Waals surface area (Å²) >= 11 is 0. The Kier molecular flexibility index (Phi) is 7.15. The Balaban J connectivity index is 1.34. The molecule has 178 valence electrons. The van der Waals surface area contributed by atoms with Crippen LogP contribution in [0.3, 0.4) is 0 Å². The number of rotatable bonds is 8. The molecule has 0 saturated carbocycles. The van der Waals surface area contributed by atoms with Crippen LogP contribution in [0, 0.1) is 5.82 Å². The van der Waals surface area contributed by atoms with Crippen molar-refractivity contribution < 1.29 is 17.6 Å². The van der Waals surface area contributed by atoms with Gasteiger partial charge in [-0.05, 0) is 35.9 Å². The zero-order valence-corrected chi connectivity index (χ0v) is 18.1. The molecular formula is C24H19F4N7. The molecule has 3 N–H and O–H groups in total. The fourth-order valence-electron chi connectivity index (χ4n) is 2.98. The van der Waals surface area contributed by atoms with E-state index in [0.717, 1.165) is 23.9 Å².